The van der Waals surface area contributed by atoms with Crippen LogP contribution >= 0.6 is 0 Å². The average molecular weight is 987 g/mol. The molecule has 75 heavy (non-hydrogen) atoms. The largest absolute Gasteiger partial charge is 0.311 e. The molecule has 0 radical (unpaired) electrons. The molecule has 1 saturated carbocycles. The molecule has 3 unspecified atom stereocenters. The van der Waals surface area contributed by atoms with Crippen LogP contribution in [0, 0.1) is 12.3 Å². The number of fused-ring (bicyclic) bond motifs is 8. The maximum absolute atomic E-state index is 2.78. The van der Waals surface area contributed by atoms with E-state index in [4.69, 9.17) is 0 Å². The maximum Gasteiger partial charge on any atom is 0.247 e. The summed E-state index contributed by atoms with van der Waals surface area (Å²) in [5.41, 5.74) is 28.1. The summed E-state index contributed by atoms with van der Waals surface area (Å²) in [5.74, 6) is 0.328. The fourth-order valence-corrected chi connectivity index (χ4v) is 15.2. The quantitative estimate of drug-likeness (QED) is 0.159. The van der Waals surface area contributed by atoms with E-state index >= 15 is 0 Å². The zero-order valence-electron chi connectivity index (χ0n) is 48.5. The molecule has 12 rings (SSSR count). The number of nitrogens with zero attached hydrogens (tertiary/aromatic N) is 2. The number of hydrogen-bond acceptors (Lipinski definition) is 2. The number of anilines is 6. The zero-order valence-corrected chi connectivity index (χ0v) is 48.5. The highest BCUT2D eigenvalue weighted by molar-refractivity contribution is 6.99. The molecule has 0 amide bonds. The summed E-state index contributed by atoms with van der Waals surface area (Å²) in [7, 11) is 0. The molecule has 5 aliphatic rings. The number of benzene rings is 7. The second-order valence-electron chi connectivity index (χ2n) is 28.9. The van der Waals surface area contributed by atoms with Crippen LogP contribution < -0.4 is 26.2 Å². The van der Waals surface area contributed by atoms with Crippen LogP contribution in [0.25, 0.3) is 11.1 Å². The average Bonchev–Trinajstić information content (AvgIpc) is 3.73. The molecule has 0 saturated heterocycles. The topological polar surface area (TPSA) is 6.48 Å². The second kappa shape index (κ2) is 16.6. The highest BCUT2D eigenvalue weighted by atomic mass is 15.2. The molecule has 2 heterocycles. The minimum Gasteiger partial charge on any atom is -0.311 e. The van der Waals surface area contributed by atoms with Gasteiger partial charge in [-0.1, -0.05) is 201 Å². The molecule has 2 aliphatic heterocycles. The smallest absolute Gasteiger partial charge is 0.247 e. The van der Waals surface area contributed by atoms with E-state index in [2.05, 4.69) is 254 Å². The summed E-state index contributed by atoms with van der Waals surface area (Å²) >= 11 is 0. The minimum atomic E-state index is -0.00527. The van der Waals surface area contributed by atoms with Gasteiger partial charge >= 0.3 is 0 Å². The molecule has 7 aromatic rings. The molecule has 7 aromatic carbocycles. The van der Waals surface area contributed by atoms with E-state index in [1.165, 1.54) is 105 Å². The van der Waals surface area contributed by atoms with Crippen molar-refractivity contribution in [3.05, 3.63) is 184 Å². The van der Waals surface area contributed by atoms with Crippen LogP contribution in [0.2, 0.25) is 0 Å². The van der Waals surface area contributed by atoms with Gasteiger partial charge in [0.15, 0.2) is 0 Å². The van der Waals surface area contributed by atoms with Crippen molar-refractivity contribution >= 4 is 57.2 Å². The van der Waals surface area contributed by atoms with Crippen molar-refractivity contribution < 1.29 is 0 Å². The van der Waals surface area contributed by atoms with Crippen LogP contribution in [0.15, 0.2) is 133 Å². The Morgan fingerprint density at radius 2 is 1.05 bits per heavy atom. The van der Waals surface area contributed by atoms with Gasteiger partial charge in [0.05, 0.1) is 5.69 Å². The van der Waals surface area contributed by atoms with Crippen molar-refractivity contribution in [2.75, 3.05) is 9.80 Å². The first-order chi connectivity index (χ1) is 35.2. The van der Waals surface area contributed by atoms with Crippen LogP contribution in [0.3, 0.4) is 0 Å². The fraction of sp³-hybridized carbons (Fsp3) is 0.417. The van der Waals surface area contributed by atoms with Gasteiger partial charge < -0.3 is 9.80 Å². The molecule has 0 aromatic heterocycles. The first-order valence-corrected chi connectivity index (χ1v) is 28.7. The summed E-state index contributed by atoms with van der Waals surface area (Å²) in [4.78, 5) is 5.30. The Hall–Kier alpha value is -5.80. The van der Waals surface area contributed by atoms with Crippen molar-refractivity contribution in [2.45, 2.75) is 188 Å². The van der Waals surface area contributed by atoms with E-state index in [1.54, 1.807) is 22.2 Å². The van der Waals surface area contributed by atoms with Gasteiger partial charge in [-0.25, -0.2) is 0 Å². The van der Waals surface area contributed by atoms with Gasteiger partial charge in [-0.3, -0.25) is 0 Å². The van der Waals surface area contributed by atoms with Crippen LogP contribution in [-0.2, 0) is 32.5 Å². The minimum absolute atomic E-state index is 0.00527. The highest BCUT2D eigenvalue weighted by Crippen LogP contribution is 2.68. The van der Waals surface area contributed by atoms with Crippen LogP contribution in [0.1, 0.15) is 198 Å². The lowest BCUT2D eigenvalue weighted by Gasteiger charge is -2.51. The first-order valence-electron chi connectivity index (χ1n) is 28.7. The third-order valence-corrected chi connectivity index (χ3v) is 20.1. The molecule has 3 atom stereocenters. The summed E-state index contributed by atoms with van der Waals surface area (Å²) in [6, 6.07) is 53.6. The van der Waals surface area contributed by atoms with E-state index in [1.807, 2.05) is 0 Å². The Balaban J connectivity index is 1.20. The monoisotopic (exact) mass is 987 g/mol. The van der Waals surface area contributed by atoms with Gasteiger partial charge in [0.1, 0.15) is 0 Å². The maximum atomic E-state index is 2.78. The van der Waals surface area contributed by atoms with Crippen molar-refractivity contribution in [1.29, 1.82) is 0 Å². The summed E-state index contributed by atoms with van der Waals surface area (Å²) in [5, 5.41) is 0. The van der Waals surface area contributed by atoms with E-state index in [0.717, 1.165) is 23.5 Å². The molecule has 0 N–H and O–H groups in total. The van der Waals surface area contributed by atoms with Crippen LogP contribution in [0.4, 0.5) is 34.1 Å². The van der Waals surface area contributed by atoms with Crippen molar-refractivity contribution in [1.82, 2.24) is 0 Å². The predicted octanol–water partition coefficient (Wildman–Crippen LogP) is 18.0. The summed E-state index contributed by atoms with van der Waals surface area (Å²) < 4.78 is 0. The molecule has 384 valence electrons. The second-order valence-corrected chi connectivity index (χ2v) is 28.9. The van der Waals surface area contributed by atoms with Gasteiger partial charge in [0, 0.05) is 39.9 Å². The van der Waals surface area contributed by atoms with Gasteiger partial charge in [-0.15, -0.1) is 0 Å². The van der Waals surface area contributed by atoms with Crippen molar-refractivity contribution in [3.63, 3.8) is 0 Å². The van der Waals surface area contributed by atoms with E-state index in [-0.39, 0.29) is 44.6 Å². The lowest BCUT2D eigenvalue weighted by atomic mass is 9.30. The van der Waals surface area contributed by atoms with E-state index < -0.39 is 0 Å². The fourth-order valence-electron chi connectivity index (χ4n) is 15.2. The Morgan fingerprint density at radius 1 is 0.493 bits per heavy atom. The van der Waals surface area contributed by atoms with Crippen LogP contribution in [0.5, 0.6) is 0 Å². The molecular formula is C72H83BN2. The predicted molar refractivity (Wildman–Crippen MR) is 324 cm³/mol. The number of hydrogen-bond donors (Lipinski definition) is 0. The summed E-state index contributed by atoms with van der Waals surface area (Å²) in [6.45, 7) is 39.0. The van der Waals surface area contributed by atoms with Gasteiger partial charge in [-0.2, -0.15) is 0 Å². The van der Waals surface area contributed by atoms with E-state index in [9.17, 15) is 0 Å². The molecule has 0 bridgehead atoms. The lowest BCUT2D eigenvalue weighted by molar-refractivity contribution is 0.0925. The highest BCUT2D eigenvalue weighted by Gasteiger charge is 2.62. The van der Waals surface area contributed by atoms with Gasteiger partial charge in [0.2, 0.25) is 6.71 Å². The first kappa shape index (κ1) is 50.0. The third-order valence-electron chi connectivity index (χ3n) is 20.1. The molecule has 0 spiro atoms. The van der Waals surface area contributed by atoms with Gasteiger partial charge in [-0.05, 0) is 192 Å². The van der Waals surface area contributed by atoms with Crippen molar-refractivity contribution in [3.8, 4) is 11.1 Å². The van der Waals surface area contributed by atoms with E-state index in [0.29, 0.717) is 5.92 Å². The summed E-state index contributed by atoms with van der Waals surface area (Å²) in [6.07, 6.45) is 7.42. The Bertz CT molecular complexity index is 3370. The molecule has 3 heteroatoms. The SMILES string of the molecule is Cc1cc2c3c(c1)N(c1cc4c(cc1-c1ccccc1)C(C)(C)CCC4(C)C)c1cc(N(c4ccc(C(C)(C)C)cc4)c4ccc(C(C)(C)C)cc4)ccc1B3c1cc(C(C)(C)C)cc3c1C2C1(C)CCCCC31C. The molecule has 3 aliphatic carbocycles. The standard InChI is InChI=1S/C72H83BN2/c1-45-38-54-64-63-57(71(15)34-20-21-35-72(64,71)16)40-49(68(8,9)10)41-59(63)73-58-33-32-52(74(50-28-24-47(25-29-50)66(2,3)4)51-30-26-48(27-31-51)67(5,6)7)42-61(58)75(62(39-45)65(54)73)60-44-56-55(69(11,12)36-37-70(56,13)14)43-53(60)46-22-18-17-19-23-46/h17-19,22-33,38-44,64H,20-21,34-37H2,1-16H3. The Kier molecular flexibility index (Phi) is 11.1. The molecule has 1 fully saturated rings. The Morgan fingerprint density at radius 3 is 1.64 bits per heavy atom. The lowest BCUT2D eigenvalue weighted by Crippen LogP contribution is -2.62. The van der Waals surface area contributed by atoms with Gasteiger partial charge in [0.25, 0.3) is 0 Å². The molecular weight excluding hydrogens is 904 g/mol. The zero-order chi connectivity index (χ0) is 53.2. The van der Waals surface area contributed by atoms with Crippen LogP contribution in [-0.4, -0.2) is 6.71 Å². The third kappa shape index (κ3) is 7.61. The number of rotatable bonds is 5. The Labute approximate surface area is 452 Å². The molecule has 2 nitrogen and oxygen atoms in total. The van der Waals surface area contributed by atoms with Crippen molar-refractivity contribution in [2.24, 2.45) is 5.41 Å². The normalized spacial score (nSPS) is 21.9. The number of aryl methyl sites for hydroxylation is 1.